The first-order valence-corrected chi connectivity index (χ1v) is 11.6. The highest BCUT2D eigenvalue weighted by Crippen LogP contribution is 2.31. The van der Waals surface area contributed by atoms with Gasteiger partial charge in [0.05, 0.1) is 5.69 Å². The maximum atomic E-state index is 4.83. The van der Waals surface area contributed by atoms with Crippen molar-refractivity contribution >= 4 is 22.8 Å². The van der Waals surface area contributed by atoms with Gasteiger partial charge in [0, 0.05) is 52.3 Å². The van der Waals surface area contributed by atoms with Gasteiger partial charge in [-0.2, -0.15) is 0 Å². The molecule has 0 aliphatic heterocycles. The van der Waals surface area contributed by atoms with Gasteiger partial charge < -0.3 is 5.32 Å². The minimum atomic E-state index is 0.753. The average molecular weight is 450 g/mol. The fourth-order valence-corrected chi connectivity index (χ4v) is 4.59. The molecule has 6 heteroatoms. The number of hydrogen-bond acceptors (Lipinski definition) is 6. The predicted octanol–water partition coefficient (Wildman–Crippen LogP) is 6.61. The van der Waals surface area contributed by atoms with Gasteiger partial charge in [-0.1, -0.05) is 42.5 Å². The minimum absolute atomic E-state index is 0.753. The van der Waals surface area contributed by atoms with E-state index in [-0.39, 0.29) is 0 Å². The van der Waals surface area contributed by atoms with Crippen molar-refractivity contribution < 1.29 is 0 Å². The summed E-state index contributed by atoms with van der Waals surface area (Å²) in [5.74, 6) is 1.60. The van der Waals surface area contributed by atoms with E-state index in [1.807, 2.05) is 44.3 Å². The Bertz CT molecular complexity index is 1380. The maximum absolute atomic E-state index is 4.83. The lowest BCUT2D eigenvalue weighted by atomic mass is 10.0. The summed E-state index contributed by atoms with van der Waals surface area (Å²) in [6.07, 6.45) is 4.39. The van der Waals surface area contributed by atoms with Crippen LogP contribution < -0.4 is 5.32 Å². The van der Waals surface area contributed by atoms with Crippen LogP contribution in [0.25, 0.3) is 21.8 Å². The van der Waals surface area contributed by atoms with Crippen LogP contribution in [0.4, 0.5) is 11.5 Å². The topological polar surface area (TPSA) is 63.6 Å². The first-order valence-electron chi connectivity index (χ1n) is 10.8. The molecular weight excluding hydrogens is 426 g/mol. The molecular formula is C27H23N5S. The van der Waals surface area contributed by atoms with Crippen molar-refractivity contribution in [2.75, 3.05) is 5.32 Å². The normalized spacial score (nSPS) is 10.8. The van der Waals surface area contributed by atoms with Crippen LogP contribution in [0, 0.1) is 13.8 Å². The third-order valence-electron chi connectivity index (χ3n) is 5.38. The van der Waals surface area contributed by atoms with Crippen molar-refractivity contribution in [3.63, 3.8) is 0 Å². The van der Waals surface area contributed by atoms with E-state index < -0.39 is 0 Å². The van der Waals surface area contributed by atoms with Gasteiger partial charge in [0.1, 0.15) is 16.6 Å². The van der Waals surface area contributed by atoms with Crippen LogP contribution in [0.5, 0.6) is 0 Å². The Morgan fingerprint density at radius 3 is 2.52 bits per heavy atom. The van der Waals surface area contributed by atoms with Crippen LogP contribution in [0.1, 0.15) is 22.6 Å². The van der Waals surface area contributed by atoms with E-state index in [1.54, 1.807) is 17.5 Å². The van der Waals surface area contributed by atoms with Crippen molar-refractivity contribution in [2.45, 2.75) is 20.3 Å². The first-order chi connectivity index (χ1) is 16.2. The Kier molecular flexibility index (Phi) is 5.91. The van der Waals surface area contributed by atoms with E-state index in [1.165, 1.54) is 5.56 Å². The van der Waals surface area contributed by atoms with Gasteiger partial charge in [0.15, 0.2) is 0 Å². The third kappa shape index (κ3) is 4.81. The summed E-state index contributed by atoms with van der Waals surface area (Å²) in [5, 5.41) is 6.58. The van der Waals surface area contributed by atoms with E-state index in [0.717, 1.165) is 56.8 Å². The molecule has 0 atom stereocenters. The molecule has 162 valence electrons. The van der Waals surface area contributed by atoms with Gasteiger partial charge in [0.2, 0.25) is 0 Å². The van der Waals surface area contributed by atoms with E-state index in [0.29, 0.717) is 0 Å². The average Bonchev–Trinajstić information content (AvgIpc) is 3.33. The lowest BCUT2D eigenvalue weighted by Gasteiger charge is -2.15. The lowest BCUT2D eigenvalue weighted by molar-refractivity contribution is 0.965. The molecule has 0 aliphatic rings. The molecule has 0 bridgehead atoms. The predicted molar refractivity (Wildman–Crippen MR) is 135 cm³/mol. The highest BCUT2D eigenvalue weighted by molar-refractivity contribution is 7.13. The Morgan fingerprint density at radius 1 is 0.848 bits per heavy atom. The second kappa shape index (κ2) is 9.30. The van der Waals surface area contributed by atoms with Crippen molar-refractivity contribution in [3.8, 4) is 21.8 Å². The van der Waals surface area contributed by atoms with E-state index in [4.69, 9.17) is 9.97 Å². The molecule has 33 heavy (non-hydrogen) atoms. The standard InChI is InChI=1S/C27H23N5S/c1-18-24(14-20-8-4-3-5-9-20)26(30-19(2)29-18)31-23-12-6-10-21(15-23)25-17-33-27(32-25)22-11-7-13-28-16-22/h3-13,15-17H,14H2,1-2H3,(H,29,30,31). The van der Waals surface area contributed by atoms with E-state index in [9.17, 15) is 0 Å². The van der Waals surface area contributed by atoms with Gasteiger partial charge in [-0.25, -0.2) is 15.0 Å². The van der Waals surface area contributed by atoms with Crippen LogP contribution in [-0.4, -0.2) is 19.9 Å². The number of nitrogens with zero attached hydrogens (tertiary/aromatic N) is 4. The number of benzene rings is 2. The Balaban J connectivity index is 1.44. The summed E-state index contributed by atoms with van der Waals surface area (Å²) in [7, 11) is 0. The van der Waals surface area contributed by atoms with Gasteiger partial charge in [-0.05, 0) is 43.7 Å². The van der Waals surface area contributed by atoms with Crippen LogP contribution in [0.3, 0.4) is 0 Å². The summed E-state index contributed by atoms with van der Waals surface area (Å²) >= 11 is 1.62. The fraction of sp³-hybridized carbons (Fsp3) is 0.111. The smallest absolute Gasteiger partial charge is 0.137 e. The SMILES string of the molecule is Cc1nc(C)c(Cc2ccccc2)c(Nc2cccc(-c3csc(-c4cccnc4)n3)c2)n1. The Morgan fingerprint density at radius 2 is 1.70 bits per heavy atom. The second-order valence-electron chi connectivity index (χ2n) is 7.83. The molecule has 5 rings (SSSR count). The number of pyridine rings is 1. The highest BCUT2D eigenvalue weighted by atomic mass is 32.1. The molecule has 0 spiro atoms. The Labute approximate surface area is 197 Å². The zero-order valence-corrected chi connectivity index (χ0v) is 19.3. The van der Waals surface area contributed by atoms with Crippen molar-refractivity contribution in [3.05, 3.63) is 107 Å². The monoisotopic (exact) mass is 449 g/mol. The van der Waals surface area contributed by atoms with Crippen LogP contribution in [-0.2, 0) is 6.42 Å². The van der Waals surface area contributed by atoms with Crippen LogP contribution in [0.2, 0.25) is 0 Å². The molecule has 0 radical (unpaired) electrons. The fourth-order valence-electron chi connectivity index (χ4n) is 3.77. The summed E-state index contributed by atoms with van der Waals surface area (Å²) in [5.41, 5.74) is 7.32. The van der Waals surface area contributed by atoms with Crippen LogP contribution >= 0.6 is 11.3 Å². The number of nitrogens with one attached hydrogen (secondary N) is 1. The molecule has 0 unspecified atom stereocenters. The number of thiazole rings is 1. The highest BCUT2D eigenvalue weighted by Gasteiger charge is 2.13. The maximum Gasteiger partial charge on any atom is 0.137 e. The summed E-state index contributed by atoms with van der Waals surface area (Å²) < 4.78 is 0. The molecule has 2 aromatic carbocycles. The minimum Gasteiger partial charge on any atom is -0.340 e. The molecule has 0 amide bonds. The molecule has 1 N–H and O–H groups in total. The third-order valence-corrected chi connectivity index (χ3v) is 6.27. The lowest BCUT2D eigenvalue weighted by Crippen LogP contribution is -2.06. The number of hydrogen-bond donors (Lipinski definition) is 1. The van der Waals surface area contributed by atoms with E-state index in [2.05, 4.69) is 63.1 Å². The molecule has 0 saturated heterocycles. The van der Waals surface area contributed by atoms with Crippen molar-refractivity contribution in [1.82, 2.24) is 19.9 Å². The summed E-state index contributed by atoms with van der Waals surface area (Å²) in [6.45, 7) is 3.97. The number of aryl methyl sites for hydroxylation is 2. The number of anilines is 2. The molecule has 3 heterocycles. The summed E-state index contributed by atoms with van der Waals surface area (Å²) in [6, 6.07) is 22.7. The van der Waals surface area contributed by atoms with Gasteiger partial charge in [-0.3, -0.25) is 4.98 Å². The van der Waals surface area contributed by atoms with Crippen molar-refractivity contribution in [1.29, 1.82) is 0 Å². The van der Waals surface area contributed by atoms with Crippen LogP contribution in [0.15, 0.2) is 84.5 Å². The number of rotatable bonds is 6. The molecule has 5 nitrogen and oxygen atoms in total. The molecule has 0 fully saturated rings. The van der Waals surface area contributed by atoms with Crippen molar-refractivity contribution in [2.24, 2.45) is 0 Å². The van der Waals surface area contributed by atoms with Gasteiger partial charge in [0.25, 0.3) is 0 Å². The number of aromatic nitrogens is 4. The molecule has 5 aromatic rings. The molecule has 3 aromatic heterocycles. The molecule has 0 aliphatic carbocycles. The largest absolute Gasteiger partial charge is 0.340 e. The van der Waals surface area contributed by atoms with E-state index >= 15 is 0 Å². The van der Waals surface area contributed by atoms with Gasteiger partial charge >= 0.3 is 0 Å². The zero-order chi connectivity index (χ0) is 22.6. The Hall–Kier alpha value is -3.90. The zero-order valence-electron chi connectivity index (χ0n) is 18.5. The van der Waals surface area contributed by atoms with Gasteiger partial charge in [-0.15, -0.1) is 11.3 Å². The second-order valence-corrected chi connectivity index (χ2v) is 8.69. The quantitative estimate of drug-likeness (QED) is 0.316. The molecule has 0 saturated carbocycles. The summed E-state index contributed by atoms with van der Waals surface area (Å²) in [4.78, 5) is 18.4. The first kappa shape index (κ1) is 21.0.